The number of fused-ring (bicyclic) bond motifs is 1. The number of aromatic nitrogens is 2. The van der Waals surface area contributed by atoms with Crippen molar-refractivity contribution in [2.75, 3.05) is 23.8 Å². The second-order valence-corrected chi connectivity index (χ2v) is 10.6. The summed E-state index contributed by atoms with van der Waals surface area (Å²) in [6, 6.07) is 11.7. The fourth-order valence-corrected chi connectivity index (χ4v) is 5.94. The van der Waals surface area contributed by atoms with E-state index in [0.29, 0.717) is 29.6 Å². The number of sulfonamides is 1. The van der Waals surface area contributed by atoms with Gasteiger partial charge in [0.1, 0.15) is 11.5 Å². The number of amides is 1. The maximum atomic E-state index is 12.5. The highest BCUT2D eigenvalue weighted by Crippen LogP contribution is 2.29. The average molecular weight is 519 g/mol. The molecule has 0 radical (unpaired) electrons. The summed E-state index contributed by atoms with van der Waals surface area (Å²) in [5, 5.41) is 5.29. The summed E-state index contributed by atoms with van der Waals surface area (Å²) in [7, 11) is -2.26. The van der Waals surface area contributed by atoms with E-state index in [9.17, 15) is 13.2 Å². The van der Waals surface area contributed by atoms with E-state index in [-0.39, 0.29) is 22.4 Å². The molecule has 4 rings (SSSR count). The minimum atomic E-state index is -3.77. The van der Waals surface area contributed by atoms with E-state index in [1.54, 1.807) is 17.5 Å². The molecule has 1 amide bonds. The smallest absolute Gasteiger partial charge is 0.263 e. The van der Waals surface area contributed by atoms with E-state index in [1.807, 2.05) is 25.1 Å². The van der Waals surface area contributed by atoms with E-state index in [0.717, 1.165) is 27.3 Å². The lowest BCUT2D eigenvalue weighted by atomic mass is 10.2. The van der Waals surface area contributed by atoms with Gasteiger partial charge in [0.2, 0.25) is 5.91 Å². The zero-order valence-corrected chi connectivity index (χ0v) is 20.9. The van der Waals surface area contributed by atoms with Gasteiger partial charge in [-0.2, -0.15) is 0 Å². The minimum Gasteiger partial charge on any atom is -0.497 e. The number of rotatable bonds is 10. The van der Waals surface area contributed by atoms with Crippen molar-refractivity contribution in [3.8, 4) is 11.5 Å². The lowest BCUT2D eigenvalue weighted by molar-refractivity contribution is -0.116. The van der Waals surface area contributed by atoms with Gasteiger partial charge in [0.05, 0.1) is 34.5 Å². The molecule has 0 bridgehead atoms. The Bertz CT molecular complexity index is 1400. The van der Waals surface area contributed by atoms with Crippen molar-refractivity contribution in [2.45, 2.75) is 24.7 Å². The molecule has 0 aliphatic carbocycles. The molecule has 178 valence electrons. The highest BCUT2D eigenvalue weighted by molar-refractivity contribution is 7.93. The van der Waals surface area contributed by atoms with Crippen LogP contribution in [0.4, 0.5) is 10.3 Å². The zero-order valence-electron chi connectivity index (χ0n) is 18.4. The molecule has 2 aromatic carbocycles. The first-order valence-corrected chi connectivity index (χ1v) is 13.5. The number of hydrogen-bond donors (Lipinski definition) is 2. The molecule has 0 aliphatic heterocycles. The number of benzene rings is 2. The first-order valence-electron chi connectivity index (χ1n) is 10.3. The Morgan fingerprint density at radius 3 is 2.56 bits per heavy atom. The third kappa shape index (κ3) is 5.82. The monoisotopic (exact) mass is 518 g/mol. The van der Waals surface area contributed by atoms with E-state index in [4.69, 9.17) is 9.47 Å². The number of aryl methyl sites for hydroxylation is 1. The molecule has 0 atom stereocenters. The Kier molecular flexibility index (Phi) is 7.29. The van der Waals surface area contributed by atoms with E-state index < -0.39 is 10.0 Å². The molecule has 34 heavy (non-hydrogen) atoms. The standard InChI is InChI=1S/C22H22N4O5S3/c1-3-31-16-7-10-18-19(12-16)33-21(24-18)25-20(27)11-4-14-13-32-22(23-14)26-34(28,29)17-8-5-15(30-2)6-9-17/h5-10,12-13H,3-4,11H2,1-2H3,(H,23,26)(H,24,25,27). The van der Waals surface area contributed by atoms with Gasteiger partial charge in [-0.25, -0.2) is 18.4 Å². The van der Waals surface area contributed by atoms with Crippen LogP contribution in [0.1, 0.15) is 19.0 Å². The van der Waals surface area contributed by atoms with Crippen molar-refractivity contribution < 1.29 is 22.7 Å². The Morgan fingerprint density at radius 2 is 1.82 bits per heavy atom. The molecular formula is C22H22N4O5S3. The number of methoxy groups -OCH3 is 1. The molecule has 4 aromatic rings. The van der Waals surface area contributed by atoms with Crippen molar-refractivity contribution in [1.29, 1.82) is 0 Å². The molecule has 2 aromatic heterocycles. The minimum absolute atomic E-state index is 0.105. The number of ether oxygens (including phenoxy) is 2. The molecule has 0 unspecified atom stereocenters. The number of thiazole rings is 2. The first kappa shape index (κ1) is 23.9. The molecule has 0 fully saturated rings. The molecular weight excluding hydrogens is 496 g/mol. The van der Waals surface area contributed by atoms with Gasteiger partial charge in [-0.05, 0) is 55.8 Å². The predicted molar refractivity (Wildman–Crippen MR) is 134 cm³/mol. The van der Waals surface area contributed by atoms with Crippen LogP contribution in [0.2, 0.25) is 0 Å². The van der Waals surface area contributed by atoms with Crippen molar-refractivity contribution in [3.63, 3.8) is 0 Å². The Morgan fingerprint density at radius 1 is 1.06 bits per heavy atom. The quantitative estimate of drug-likeness (QED) is 0.316. The second-order valence-electron chi connectivity index (χ2n) is 7.05. The van der Waals surface area contributed by atoms with Gasteiger partial charge < -0.3 is 14.8 Å². The van der Waals surface area contributed by atoms with Gasteiger partial charge in [-0.3, -0.25) is 9.52 Å². The van der Waals surface area contributed by atoms with Crippen LogP contribution >= 0.6 is 22.7 Å². The maximum Gasteiger partial charge on any atom is 0.263 e. The molecule has 9 nitrogen and oxygen atoms in total. The Hall–Kier alpha value is -3.22. The Balaban J connectivity index is 1.32. The second kappa shape index (κ2) is 10.4. The fourth-order valence-electron chi connectivity index (χ4n) is 3.04. The number of hydrogen-bond acceptors (Lipinski definition) is 9. The highest BCUT2D eigenvalue weighted by atomic mass is 32.2. The summed E-state index contributed by atoms with van der Waals surface area (Å²) < 4.78 is 39.0. The predicted octanol–water partition coefficient (Wildman–Crippen LogP) is 4.53. The van der Waals surface area contributed by atoms with Crippen molar-refractivity contribution >= 4 is 59.1 Å². The summed E-state index contributed by atoms with van der Waals surface area (Å²) >= 11 is 2.54. The number of nitrogens with zero attached hydrogens (tertiary/aromatic N) is 2. The van der Waals surface area contributed by atoms with Crippen LogP contribution in [0.25, 0.3) is 10.2 Å². The van der Waals surface area contributed by atoms with Gasteiger partial charge >= 0.3 is 0 Å². The average Bonchev–Trinajstić information content (AvgIpc) is 3.43. The van der Waals surface area contributed by atoms with Crippen LogP contribution < -0.4 is 19.5 Å². The van der Waals surface area contributed by atoms with Crippen LogP contribution in [0.5, 0.6) is 11.5 Å². The van der Waals surface area contributed by atoms with E-state index >= 15 is 0 Å². The molecule has 2 heterocycles. The fraction of sp³-hybridized carbons (Fsp3) is 0.227. The summed E-state index contributed by atoms with van der Waals surface area (Å²) in [6.07, 6.45) is 0.556. The van der Waals surface area contributed by atoms with Gasteiger partial charge in [0.25, 0.3) is 10.0 Å². The largest absolute Gasteiger partial charge is 0.497 e. The van der Waals surface area contributed by atoms with E-state index in [2.05, 4.69) is 20.0 Å². The van der Waals surface area contributed by atoms with Crippen LogP contribution in [0.15, 0.2) is 52.7 Å². The molecule has 0 saturated heterocycles. The Labute approximate surface area is 204 Å². The summed E-state index contributed by atoms with van der Waals surface area (Å²) in [5.74, 6) is 1.13. The van der Waals surface area contributed by atoms with Gasteiger partial charge in [-0.1, -0.05) is 11.3 Å². The van der Waals surface area contributed by atoms with Crippen LogP contribution in [-0.4, -0.2) is 38.0 Å². The molecule has 2 N–H and O–H groups in total. The SMILES string of the molecule is CCOc1ccc2nc(NC(=O)CCc3csc(NS(=O)(=O)c4ccc(OC)cc4)n3)sc2c1. The summed E-state index contributed by atoms with van der Waals surface area (Å²) in [5.41, 5.74) is 1.41. The summed E-state index contributed by atoms with van der Waals surface area (Å²) in [4.78, 5) is 21.2. The number of carbonyl (C=O) groups excluding carboxylic acids is 1. The molecule has 0 aliphatic rings. The van der Waals surface area contributed by atoms with E-state index in [1.165, 1.54) is 30.6 Å². The maximum absolute atomic E-state index is 12.5. The summed E-state index contributed by atoms with van der Waals surface area (Å²) in [6.45, 7) is 2.50. The third-order valence-corrected chi connectivity index (χ3v) is 7.89. The van der Waals surface area contributed by atoms with Crippen molar-refractivity contribution in [3.05, 3.63) is 53.5 Å². The van der Waals surface area contributed by atoms with Gasteiger partial charge in [0.15, 0.2) is 10.3 Å². The van der Waals surface area contributed by atoms with Crippen LogP contribution in [-0.2, 0) is 21.2 Å². The van der Waals surface area contributed by atoms with Gasteiger partial charge in [-0.15, -0.1) is 11.3 Å². The molecule has 12 heteroatoms. The topological polar surface area (TPSA) is 120 Å². The molecule has 0 saturated carbocycles. The van der Waals surface area contributed by atoms with Gasteiger partial charge in [0, 0.05) is 11.8 Å². The highest BCUT2D eigenvalue weighted by Gasteiger charge is 2.17. The number of nitrogens with one attached hydrogen (secondary N) is 2. The molecule has 0 spiro atoms. The number of anilines is 2. The van der Waals surface area contributed by atoms with Crippen LogP contribution in [0, 0.1) is 0 Å². The number of carbonyl (C=O) groups is 1. The third-order valence-electron chi connectivity index (χ3n) is 4.67. The first-order chi connectivity index (χ1) is 16.4. The lowest BCUT2D eigenvalue weighted by Crippen LogP contribution is -2.13. The van der Waals surface area contributed by atoms with Crippen LogP contribution in [0.3, 0.4) is 0 Å². The zero-order chi connectivity index (χ0) is 24.1. The lowest BCUT2D eigenvalue weighted by Gasteiger charge is -2.06. The van der Waals surface area contributed by atoms with Crippen molar-refractivity contribution in [2.24, 2.45) is 0 Å². The van der Waals surface area contributed by atoms with Crippen molar-refractivity contribution in [1.82, 2.24) is 9.97 Å². The normalized spacial score (nSPS) is 11.4.